The standard InChI is InChI=1S/C12H17N/c1-13-9-11-5-2-3-8-12(11)10-6-4-7-10/h2-3,5,8,10,13H,4,6-7,9H2,1H3. The second-order valence-electron chi connectivity index (χ2n) is 3.86. The van der Waals surface area contributed by atoms with Gasteiger partial charge >= 0.3 is 0 Å². The monoisotopic (exact) mass is 175 g/mol. The zero-order valence-electron chi connectivity index (χ0n) is 8.22. The van der Waals surface area contributed by atoms with Gasteiger partial charge in [0.05, 0.1) is 0 Å². The Labute approximate surface area is 80.2 Å². The van der Waals surface area contributed by atoms with Crippen molar-refractivity contribution in [1.82, 2.24) is 5.32 Å². The van der Waals surface area contributed by atoms with Crippen molar-refractivity contribution in [3.8, 4) is 0 Å². The highest BCUT2D eigenvalue weighted by Gasteiger charge is 2.21. The summed E-state index contributed by atoms with van der Waals surface area (Å²) in [5, 5.41) is 3.23. The topological polar surface area (TPSA) is 12.0 Å². The second-order valence-corrected chi connectivity index (χ2v) is 3.86. The van der Waals surface area contributed by atoms with Crippen LogP contribution in [0.25, 0.3) is 0 Å². The van der Waals surface area contributed by atoms with Gasteiger partial charge in [-0.25, -0.2) is 0 Å². The smallest absolute Gasteiger partial charge is 0.0205 e. The minimum atomic E-state index is 0.851. The number of nitrogens with one attached hydrogen (secondary N) is 1. The van der Waals surface area contributed by atoms with Gasteiger partial charge < -0.3 is 5.32 Å². The molecule has 0 spiro atoms. The summed E-state index contributed by atoms with van der Waals surface area (Å²) in [5.41, 5.74) is 3.05. The first-order valence-electron chi connectivity index (χ1n) is 5.14. The zero-order chi connectivity index (χ0) is 9.10. The fraction of sp³-hybridized carbons (Fsp3) is 0.500. The minimum Gasteiger partial charge on any atom is -0.316 e. The van der Waals surface area contributed by atoms with Crippen LogP contribution in [0.4, 0.5) is 0 Å². The van der Waals surface area contributed by atoms with Crippen LogP contribution in [0.15, 0.2) is 24.3 Å². The Hall–Kier alpha value is -0.820. The maximum atomic E-state index is 3.23. The van der Waals surface area contributed by atoms with Gasteiger partial charge in [-0.1, -0.05) is 30.7 Å². The minimum absolute atomic E-state index is 0.851. The molecule has 1 saturated carbocycles. The van der Waals surface area contributed by atoms with Crippen molar-refractivity contribution in [2.24, 2.45) is 0 Å². The average molecular weight is 175 g/mol. The molecule has 0 aliphatic heterocycles. The molecule has 1 nitrogen and oxygen atoms in total. The van der Waals surface area contributed by atoms with Gasteiger partial charge in [0.25, 0.3) is 0 Å². The fourth-order valence-electron chi connectivity index (χ4n) is 2.00. The first-order valence-corrected chi connectivity index (χ1v) is 5.14. The summed E-state index contributed by atoms with van der Waals surface area (Å²) in [6, 6.07) is 8.82. The normalized spacial score (nSPS) is 17.0. The van der Waals surface area contributed by atoms with E-state index in [0.29, 0.717) is 0 Å². The van der Waals surface area contributed by atoms with Crippen LogP contribution in [-0.2, 0) is 6.54 Å². The van der Waals surface area contributed by atoms with Crippen molar-refractivity contribution in [2.75, 3.05) is 7.05 Å². The number of hydrogen-bond acceptors (Lipinski definition) is 1. The number of benzene rings is 1. The molecule has 0 bridgehead atoms. The van der Waals surface area contributed by atoms with Gasteiger partial charge in [0.2, 0.25) is 0 Å². The molecule has 13 heavy (non-hydrogen) atoms. The summed E-state index contributed by atoms with van der Waals surface area (Å²) < 4.78 is 0. The van der Waals surface area contributed by atoms with E-state index >= 15 is 0 Å². The lowest BCUT2D eigenvalue weighted by molar-refractivity contribution is 0.416. The highest BCUT2D eigenvalue weighted by atomic mass is 14.8. The van der Waals surface area contributed by atoms with E-state index in [1.807, 2.05) is 7.05 Å². The molecule has 2 rings (SSSR count). The lowest BCUT2D eigenvalue weighted by Crippen LogP contribution is -2.14. The van der Waals surface area contributed by atoms with Gasteiger partial charge in [-0.05, 0) is 36.9 Å². The molecular formula is C12H17N. The molecule has 0 unspecified atom stereocenters. The molecule has 1 aliphatic rings. The van der Waals surface area contributed by atoms with Crippen LogP contribution in [0.2, 0.25) is 0 Å². The number of rotatable bonds is 3. The van der Waals surface area contributed by atoms with E-state index in [0.717, 1.165) is 12.5 Å². The van der Waals surface area contributed by atoms with Crippen LogP contribution in [0.3, 0.4) is 0 Å². The van der Waals surface area contributed by atoms with Gasteiger partial charge in [0, 0.05) is 6.54 Å². The molecule has 0 atom stereocenters. The molecule has 70 valence electrons. The third-order valence-corrected chi connectivity index (χ3v) is 2.97. The molecule has 0 radical (unpaired) electrons. The van der Waals surface area contributed by atoms with Gasteiger partial charge in [-0.3, -0.25) is 0 Å². The highest BCUT2D eigenvalue weighted by molar-refractivity contribution is 5.31. The molecule has 0 amide bonds. The Kier molecular flexibility index (Phi) is 2.65. The van der Waals surface area contributed by atoms with Gasteiger partial charge in [0.15, 0.2) is 0 Å². The van der Waals surface area contributed by atoms with E-state index in [4.69, 9.17) is 0 Å². The Morgan fingerprint density at radius 2 is 2.08 bits per heavy atom. The third kappa shape index (κ3) is 1.75. The van der Waals surface area contributed by atoms with Gasteiger partial charge in [0.1, 0.15) is 0 Å². The molecule has 1 aliphatic carbocycles. The highest BCUT2D eigenvalue weighted by Crippen LogP contribution is 2.37. The first kappa shape index (κ1) is 8.76. The maximum Gasteiger partial charge on any atom is 0.0205 e. The molecule has 1 fully saturated rings. The molecular weight excluding hydrogens is 158 g/mol. The van der Waals surface area contributed by atoms with Crippen molar-refractivity contribution >= 4 is 0 Å². The summed E-state index contributed by atoms with van der Waals surface area (Å²) >= 11 is 0. The van der Waals surface area contributed by atoms with E-state index in [1.54, 1.807) is 5.56 Å². The van der Waals surface area contributed by atoms with Crippen molar-refractivity contribution in [2.45, 2.75) is 31.7 Å². The molecule has 1 aromatic rings. The fourth-order valence-corrected chi connectivity index (χ4v) is 2.00. The van der Waals surface area contributed by atoms with Crippen molar-refractivity contribution in [1.29, 1.82) is 0 Å². The largest absolute Gasteiger partial charge is 0.316 e. The van der Waals surface area contributed by atoms with Crippen LogP contribution in [0.5, 0.6) is 0 Å². The van der Waals surface area contributed by atoms with E-state index in [-0.39, 0.29) is 0 Å². The van der Waals surface area contributed by atoms with Crippen molar-refractivity contribution < 1.29 is 0 Å². The maximum absolute atomic E-state index is 3.23. The zero-order valence-corrected chi connectivity index (χ0v) is 8.22. The third-order valence-electron chi connectivity index (χ3n) is 2.97. The molecule has 0 heterocycles. The SMILES string of the molecule is CNCc1ccccc1C1CCC1. The lowest BCUT2D eigenvalue weighted by Gasteiger charge is -2.27. The number of hydrogen-bond donors (Lipinski definition) is 1. The summed E-state index contributed by atoms with van der Waals surface area (Å²) in [7, 11) is 2.01. The van der Waals surface area contributed by atoms with E-state index in [2.05, 4.69) is 29.6 Å². The summed E-state index contributed by atoms with van der Waals surface area (Å²) in [6.45, 7) is 1.01. The van der Waals surface area contributed by atoms with Crippen LogP contribution in [0, 0.1) is 0 Å². The molecule has 0 aromatic heterocycles. The first-order chi connectivity index (χ1) is 6.42. The lowest BCUT2D eigenvalue weighted by atomic mass is 9.78. The molecule has 0 saturated heterocycles. The molecule has 1 N–H and O–H groups in total. The van der Waals surface area contributed by atoms with Gasteiger partial charge in [-0.2, -0.15) is 0 Å². The Morgan fingerprint density at radius 1 is 1.31 bits per heavy atom. The second kappa shape index (κ2) is 3.93. The predicted molar refractivity (Wildman–Crippen MR) is 55.8 cm³/mol. The van der Waals surface area contributed by atoms with Crippen molar-refractivity contribution in [3.63, 3.8) is 0 Å². The van der Waals surface area contributed by atoms with Crippen LogP contribution >= 0.6 is 0 Å². The van der Waals surface area contributed by atoms with Crippen LogP contribution < -0.4 is 5.32 Å². The average Bonchev–Trinajstić information content (AvgIpc) is 2.05. The van der Waals surface area contributed by atoms with Crippen LogP contribution in [0.1, 0.15) is 36.3 Å². The predicted octanol–water partition coefficient (Wildman–Crippen LogP) is 2.67. The van der Waals surface area contributed by atoms with Crippen LogP contribution in [-0.4, -0.2) is 7.05 Å². The van der Waals surface area contributed by atoms with E-state index < -0.39 is 0 Å². The quantitative estimate of drug-likeness (QED) is 0.744. The molecule has 1 heteroatoms. The Bertz CT molecular complexity index is 276. The van der Waals surface area contributed by atoms with Crippen molar-refractivity contribution in [3.05, 3.63) is 35.4 Å². The summed E-state index contributed by atoms with van der Waals surface area (Å²) in [4.78, 5) is 0. The van der Waals surface area contributed by atoms with E-state index in [1.165, 1.54) is 24.8 Å². The van der Waals surface area contributed by atoms with E-state index in [9.17, 15) is 0 Å². The van der Waals surface area contributed by atoms with Gasteiger partial charge in [-0.15, -0.1) is 0 Å². The Balaban J connectivity index is 2.20. The Morgan fingerprint density at radius 3 is 2.69 bits per heavy atom. The molecule has 1 aromatic carbocycles. The summed E-state index contributed by atoms with van der Waals surface area (Å²) in [5.74, 6) is 0.851. The summed E-state index contributed by atoms with van der Waals surface area (Å²) in [6.07, 6.45) is 4.19.